The number of amides is 1. The molecule has 7 heteroatoms. The van der Waals surface area contributed by atoms with Crippen molar-refractivity contribution in [3.05, 3.63) is 52.7 Å². The van der Waals surface area contributed by atoms with Gasteiger partial charge in [0.15, 0.2) is 5.78 Å². The quantitative estimate of drug-likeness (QED) is 0.635. The first-order valence-electron chi connectivity index (χ1n) is 9.45. The second-order valence-corrected chi connectivity index (χ2v) is 8.01. The number of Topliss-reactive ketones (excluding diaryl/α,β-unsaturated/α-hetero) is 1. The first kappa shape index (κ1) is 18.6. The van der Waals surface area contributed by atoms with Gasteiger partial charge in [-0.2, -0.15) is 0 Å². The molecule has 0 N–H and O–H groups in total. The molecule has 6 nitrogen and oxygen atoms in total. The highest BCUT2D eigenvalue weighted by Gasteiger charge is 2.24. The van der Waals surface area contributed by atoms with Crippen LogP contribution in [0.25, 0.3) is 10.2 Å². The van der Waals surface area contributed by atoms with Crippen LogP contribution in [0.2, 0.25) is 0 Å². The summed E-state index contributed by atoms with van der Waals surface area (Å²) in [6, 6.07) is 9.08. The van der Waals surface area contributed by atoms with Crippen molar-refractivity contribution in [2.75, 3.05) is 31.1 Å². The highest BCUT2D eigenvalue weighted by molar-refractivity contribution is 7.18. The van der Waals surface area contributed by atoms with Crippen LogP contribution >= 0.6 is 11.3 Å². The van der Waals surface area contributed by atoms with Crippen molar-refractivity contribution in [3.8, 4) is 0 Å². The maximum atomic E-state index is 12.8. The average molecular weight is 395 g/mol. The molecule has 3 aromatic rings. The minimum atomic E-state index is 0.00318. The molecule has 28 heavy (non-hydrogen) atoms. The van der Waals surface area contributed by atoms with Gasteiger partial charge in [-0.3, -0.25) is 9.59 Å². The molecule has 0 saturated carbocycles. The van der Waals surface area contributed by atoms with Crippen LogP contribution in [0.15, 0.2) is 36.7 Å². The molecule has 1 saturated heterocycles. The SMILES string of the molecule is CCc1cc2c(N3CCN(C(=O)c4ccc(C(C)=O)cc4)CC3)ncnc2s1. The molecular weight excluding hydrogens is 372 g/mol. The minimum absolute atomic E-state index is 0.00318. The Balaban J connectivity index is 1.46. The van der Waals surface area contributed by atoms with Gasteiger partial charge in [-0.05, 0) is 31.5 Å². The van der Waals surface area contributed by atoms with E-state index in [2.05, 4.69) is 27.9 Å². The van der Waals surface area contributed by atoms with Crippen molar-refractivity contribution in [1.29, 1.82) is 0 Å². The monoisotopic (exact) mass is 394 g/mol. The molecule has 0 unspecified atom stereocenters. The maximum Gasteiger partial charge on any atom is 0.253 e. The molecular formula is C21H22N4O2S. The summed E-state index contributed by atoms with van der Waals surface area (Å²) >= 11 is 1.71. The Kier molecular flexibility index (Phi) is 5.09. The van der Waals surface area contributed by atoms with Crippen molar-refractivity contribution in [2.24, 2.45) is 0 Å². The Morgan fingerprint density at radius 3 is 2.36 bits per heavy atom. The third-order valence-electron chi connectivity index (χ3n) is 5.11. The second kappa shape index (κ2) is 7.67. The summed E-state index contributed by atoms with van der Waals surface area (Å²) < 4.78 is 0. The number of thiophene rings is 1. The number of aromatic nitrogens is 2. The van der Waals surface area contributed by atoms with E-state index in [1.54, 1.807) is 41.9 Å². The van der Waals surface area contributed by atoms with Crippen LogP contribution in [0, 0.1) is 0 Å². The van der Waals surface area contributed by atoms with Gasteiger partial charge in [0.25, 0.3) is 5.91 Å². The van der Waals surface area contributed by atoms with Gasteiger partial charge in [0, 0.05) is 42.2 Å². The Morgan fingerprint density at radius 2 is 1.71 bits per heavy atom. The van der Waals surface area contributed by atoms with E-state index in [-0.39, 0.29) is 11.7 Å². The maximum absolute atomic E-state index is 12.8. The predicted octanol–water partition coefficient (Wildman–Crippen LogP) is 3.42. The van der Waals surface area contributed by atoms with Crippen LogP contribution in [0.3, 0.4) is 0 Å². The molecule has 3 heterocycles. The zero-order valence-electron chi connectivity index (χ0n) is 16.0. The van der Waals surface area contributed by atoms with Crippen LogP contribution in [0.4, 0.5) is 5.82 Å². The molecule has 1 aromatic carbocycles. The van der Waals surface area contributed by atoms with Gasteiger partial charge in [-0.25, -0.2) is 9.97 Å². The van der Waals surface area contributed by atoms with Crippen LogP contribution in [-0.2, 0) is 6.42 Å². The van der Waals surface area contributed by atoms with Gasteiger partial charge >= 0.3 is 0 Å². The third-order valence-corrected chi connectivity index (χ3v) is 6.30. The summed E-state index contributed by atoms with van der Waals surface area (Å²) in [5.74, 6) is 0.966. The Labute approximate surface area is 167 Å². The standard InChI is InChI=1S/C21H22N4O2S/c1-3-17-12-18-19(22-13-23-20(18)28-17)24-8-10-25(11-9-24)21(27)16-6-4-15(5-7-16)14(2)26/h4-7,12-13H,3,8-11H2,1-2H3. The number of aryl methyl sites for hydroxylation is 1. The Bertz CT molecular complexity index is 1020. The number of ketones is 1. The van der Waals surface area contributed by atoms with Crippen LogP contribution in [0.5, 0.6) is 0 Å². The van der Waals surface area contributed by atoms with E-state index in [1.807, 2.05) is 4.90 Å². The number of benzene rings is 1. The topological polar surface area (TPSA) is 66.4 Å². The van der Waals surface area contributed by atoms with E-state index in [0.717, 1.165) is 35.5 Å². The molecule has 1 aliphatic rings. The van der Waals surface area contributed by atoms with E-state index >= 15 is 0 Å². The molecule has 4 rings (SSSR count). The number of fused-ring (bicyclic) bond motifs is 1. The number of anilines is 1. The smallest absolute Gasteiger partial charge is 0.253 e. The number of carbonyl (C=O) groups is 2. The molecule has 0 radical (unpaired) electrons. The zero-order chi connectivity index (χ0) is 19.7. The molecule has 0 aliphatic carbocycles. The molecule has 1 fully saturated rings. The van der Waals surface area contributed by atoms with Crippen molar-refractivity contribution in [3.63, 3.8) is 0 Å². The van der Waals surface area contributed by atoms with Crippen molar-refractivity contribution < 1.29 is 9.59 Å². The number of nitrogens with zero attached hydrogens (tertiary/aromatic N) is 4. The summed E-state index contributed by atoms with van der Waals surface area (Å²) in [7, 11) is 0. The van der Waals surface area contributed by atoms with Crippen molar-refractivity contribution >= 4 is 39.1 Å². The first-order chi connectivity index (χ1) is 13.6. The normalized spacial score (nSPS) is 14.5. The lowest BCUT2D eigenvalue weighted by Gasteiger charge is -2.35. The van der Waals surface area contributed by atoms with Gasteiger partial charge in [0.05, 0.1) is 5.39 Å². The highest BCUT2D eigenvalue weighted by Crippen LogP contribution is 2.31. The van der Waals surface area contributed by atoms with Gasteiger partial charge in [0.1, 0.15) is 17.0 Å². The van der Waals surface area contributed by atoms with Crippen molar-refractivity contribution in [1.82, 2.24) is 14.9 Å². The fourth-order valence-corrected chi connectivity index (χ4v) is 4.40. The molecule has 0 spiro atoms. The van der Waals surface area contributed by atoms with Gasteiger partial charge in [-0.1, -0.05) is 19.1 Å². The lowest BCUT2D eigenvalue weighted by molar-refractivity contribution is 0.0746. The molecule has 1 amide bonds. The van der Waals surface area contributed by atoms with Crippen LogP contribution in [-0.4, -0.2) is 52.7 Å². The Morgan fingerprint density at radius 1 is 1.04 bits per heavy atom. The number of carbonyl (C=O) groups excluding carboxylic acids is 2. The van der Waals surface area contributed by atoms with Crippen LogP contribution in [0.1, 0.15) is 39.4 Å². The molecule has 0 atom stereocenters. The van der Waals surface area contributed by atoms with Gasteiger partial charge < -0.3 is 9.80 Å². The molecule has 2 aromatic heterocycles. The van der Waals surface area contributed by atoms with Crippen LogP contribution < -0.4 is 4.90 Å². The summed E-state index contributed by atoms with van der Waals surface area (Å²) in [6.45, 7) is 6.43. The second-order valence-electron chi connectivity index (χ2n) is 6.90. The molecule has 1 aliphatic heterocycles. The van der Waals surface area contributed by atoms with Gasteiger partial charge in [0.2, 0.25) is 0 Å². The lowest BCUT2D eigenvalue weighted by Crippen LogP contribution is -2.49. The summed E-state index contributed by atoms with van der Waals surface area (Å²) in [4.78, 5) is 39.5. The van der Waals surface area contributed by atoms with E-state index in [1.165, 1.54) is 11.8 Å². The zero-order valence-corrected chi connectivity index (χ0v) is 16.8. The van der Waals surface area contributed by atoms with E-state index in [9.17, 15) is 9.59 Å². The fourth-order valence-electron chi connectivity index (χ4n) is 3.47. The summed E-state index contributed by atoms with van der Waals surface area (Å²) in [6.07, 6.45) is 2.62. The number of hydrogen-bond donors (Lipinski definition) is 0. The molecule has 144 valence electrons. The summed E-state index contributed by atoms with van der Waals surface area (Å²) in [5, 5.41) is 1.10. The predicted molar refractivity (Wildman–Crippen MR) is 111 cm³/mol. The van der Waals surface area contributed by atoms with E-state index < -0.39 is 0 Å². The Hall–Kier alpha value is -2.80. The fraction of sp³-hybridized carbons (Fsp3) is 0.333. The number of piperazine rings is 1. The number of rotatable bonds is 4. The third kappa shape index (κ3) is 3.49. The first-order valence-corrected chi connectivity index (χ1v) is 10.3. The van der Waals surface area contributed by atoms with E-state index in [0.29, 0.717) is 24.2 Å². The lowest BCUT2D eigenvalue weighted by atomic mass is 10.1. The average Bonchev–Trinajstić information content (AvgIpc) is 3.17. The number of hydrogen-bond acceptors (Lipinski definition) is 6. The van der Waals surface area contributed by atoms with E-state index in [4.69, 9.17) is 0 Å². The largest absolute Gasteiger partial charge is 0.352 e. The van der Waals surface area contributed by atoms with Gasteiger partial charge in [-0.15, -0.1) is 11.3 Å². The van der Waals surface area contributed by atoms with Crippen molar-refractivity contribution in [2.45, 2.75) is 20.3 Å². The molecule has 0 bridgehead atoms. The summed E-state index contributed by atoms with van der Waals surface area (Å²) in [5.41, 5.74) is 1.24. The highest BCUT2D eigenvalue weighted by atomic mass is 32.1. The minimum Gasteiger partial charge on any atom is -0.352 e.